The predicted molar refractivity (Wildman–Crippen MR) is 110 cm³/mol. The highest BCUT2D eigenvalue weighted by Crippen LogP contribution is 2.35. The fraction of sp³-hybridized carbons (Fsp3) is 0.0526. The molecule has 3 aromatic rings. The van der Waals surface area contributed by atoms with Crippen LogP contribution in [0.1, 0.15) is 32.2 Å². The molecule has 2 aromatic carbocycles. The molecular formula is C19H10BrCl2FN4O3. The first-order valence-electron chi connectivity index (χ1n) is 8.16. The molecule has 3 rings (SSSR count). The minimum absolute atomic E-state index is 0.00766. The van der Waals surface area contributed by atoms with Gasteiger partial charge >= 0.3 is 0 Å². The summed E-state index contributed by atoms with van der Waals surface area (Å²) in [5.74, 6) is -1.60. The molecule has 152 valence electrons. The standard InChI is InChI=1S/C19H10BrCl2FN4O3/c20-18-16(26-14(8-28)27-18)19(29)25-7-10-1-2-13(22)17(15(10)23)30-12-4-9(6-24)3-11(21)5-12/h1-5,8H,7H2,(H,25,29)(H,26,27). The van der Waals surface area contributed by atoms with Crippen LogP contribution in [0.5, 0.6) is 11.5 Å². The number of halogens is 4. The number of amides is 1. The molecule has 0 bridgehead atoms. The number of hydrogen-bond donors (Lipinski definition) is 2. The lowest BCUT2D eigenvalue weighted by atomic mass is 10.2. The molecule has 0 fully saturated rings. The maximum Gasteiger partial charge on any atom is 0.272 e. The highest BCUT2D eigenvalue weighted by atomic mass is 79.9. The van der Waals surface area contributed by atoms with Gasteiger partial charge in [0, 0.05) is 17.1 Å². The second-order valence-electron chi connectivity index (χ2n) is 5.82. The molecule has 2 N–H and O–H groups in total. The smallest absolute Gasteiger partial charge is 0.272 e. The van der Waals surface area contributed by atoms with Gasteiger partial charge in [0.2, 0.25) is 0 Å². The molecule has 11 heteroatoms. The molecular weight excluding hydrogens is 502 g/mol. The second kappa shape index (κ2) is 9.26. The van der Waals surface area contributed by atoms with Gasteiger partial charge in [0.15, 0.2) is 29.4 Å². The van der Waals surface area contributed by atoms with Crippen molar-refractivity contribution in [1.82, 2.24) is 15.3 Å². The quantitative estimate of drug-likeness (QED) is 0.451. The minimum Gasteiger partial charge on any atom is -0.453 e. The largest absolute Gasteiger partial charge is 0.453 e. The number of benzene rings is 2. The normalized spacial score (nSPS) is 10.4. The van der Waals surface area contributed by atoms with Gasteiger partial charge in [-0.1, -0.05) is 29.3 Å². The van der Waals surface area contributed by atoms with Crippen LogP contribution in [-0.2, 0) is 6.54 Å². The first-order chi connectivity index (χ1) is 14.3. The number of H-pyrrole nitrogens is 1. The van der Waals surface area contributed by atoms with Gasteiger partial charge < -0.3 is 15.0 Å². The molecule has 1 amide bonds. The molecule has 1 heterocycles. The molecule has 0 aliphatic heterocycles. The number of aromatic amines is 1. The monoisotopic (exact) mass is 510 g/mol. The summed E-state index contributed by atoms with van der Waals surface area (Å²) in [7, 11) is 0. The molecule has 0 saturated heterocycles. The summed E-state index contributed by atoms with van der Waals surface area (Å²) in [5, 5.41) is 11.8. The number of imidazole rings is 1. The summed E-state index contributed by atoms with van der Waals surface area (Å²) in [6.45, 7) is -0.201. The van der Waals surface area contributed by atoms with Crippen molar-refractivity contribution in [3.63, 3.8) is 0 Å². The number of nitrogens with zero attached hydrogens (tertiary/aromatic N) is 2. The van der Waals surface area contributed by atoms with Crippen molar-refractivity contribution in [2.45, 2.75) is 6.54 Å². The van der Waals surface area contributed by atoms with Crippen LogP contribution in [0.2, 0.25) is 10.0 Å². The van der Waals surface area contributed by atoms with Gasteiger partial charge in [0.25, 0.3) is 5.91 Å². The van der Waals surface area contributed by atoms with E-state index < -0.39 is 11.7 Å². The van der Waals surface area contributed by atoms with Crippen molar-refractivity contribution in [1.29, 1.82) is 5.26 Å². The zero-order valence-electron chi connectivity index (χ0n) is 14.8. The number of ether oxygens (including phenoxy) is 1. The Morgan fingerprint density at radius 3 is 2.80 bits per heavy atom. The highest BCUT2D eigenvalue weighted by Gasteiger charge is 2.19. The topological polar surface area (TPSA) is 108 Å². The van der Waals surface area contributed by atoms with Gasteiger partial charge in [0.05, 0.1) is 16.7 Å². The number of aldehydes is 1. The van der Waals surface area contributed by atoms with E-state index in [4.69, 9.17) is 33.2 Å². The summed E-state index contributed by atoms with van der Waals surface area (Å²) in [6, 6.07) is 8.94. The van der Waals surface area contributed by atoms with E-state index in [0.29, 0.717) is 6.29 Å². The van der Waals surface area contributed by atoms with Gasteiger partial charge in [-0.05, 0) is 40.2 Å². The molecule has 0 spiro atoms. The van der Waals surface area contributed by atoms with Crippen molar-refractivity contribution in [3.05, 3.63) is 73.4 Å². The van der Waals surface area contributed by atoms with Gasteiger partial charge in [-0.2, -0.15) is 5.26 Å². The Morgan fingerprint density at radius 2 is 2.13 bits per heavy atom. The van der Waals surface area contributed by atoms with E-state index >= 15 is 0 Å². The van der Waals surface area contributed by atoms with E-state index in [1.165, 1.54) is 30.3 Å². The molecule has 0 unspecified atom stereocenters. The Kier molecular flexibility index (Phi) is 6.72. The Bertz CT molecular complexity index is 1190. The average Bonchev–Trinajstić information content (AvgIpc) is 3.10. The second-order valence-corrected chi connectivity index (χ2v) is 7.46. The van der Waals surface area contributed by atoms with Gasteiger partial charge in [-0.15, -0.1) is 0 Å². The molecule has 1 aromatic heterocycles. The third-order valence-corrected chi connectivity index (χ3v) is 4.88. The van der Waals surface area contributed by atoms with E-state index in [-0.39, 0.29) is 55.3 Å². The van der Waals surface area contributed by atoms with Gasteiger partial charge in [-0.25, -0.2) is 9.37 Å². The maximum atomic E-state index is 15.0. The number of rotatable bonds is 6. The number of hydrogen-bond acceptors (Lipinski definition) is 5. The van der Waals surface area contributed by atoms with Crippen molar-refractivity contribution in [3.8, 4) is 17.6 Å². The molecule has 0 aliphatic carbocycles. The van der Waals surface area contributed by atoms with Crippen LogP contribution in [0, 0.1) is 17.1 Å². The Balaban J connectivity index is 1.81. The van der Waals surface area contributed by atoms with E-state index in [2.05, 4.69) is 31.2 Å². The highest BCUT2D eigenvalue weighted by molar-refractivity contribution is 9.10. The number of nitrogens with one attached hydrogen (secondary N) is 2. The van der Waals surface area contributed by atoms with Crippen LogP contribution >= 0.6 is 39.1 Å². The zero-order valence-corrected chi connectivity index (χ0v) is 17.9. The van der Waals surface area contributed by atoms with Crippen molar-refractivity contribution >= 4 is 51.3 Å². The number of nitriles is 1. The average molecular weight is 512 g/mol. The Labute approximate surface area is 187 Å². The summed E-state index contributed by atoms with van der Waals surface area (Å²) < 4.78 is 20.7. The third kappa shape index (κ3) is 4.79. The Hall–Kier alpha value is -2.93. The van der Waals surface area contributed by atoms with E-state index in [1.807, 2.05) is 6.07 Å². The van der Waals surface area contributed by atoms with Crippen LogP contribution < -0.4 is 10.1 Å². The lowest BCUT2D eigenvalue weighted by Crippen LogP contribution is -2.24. The minimum atomic E-state index is -0.795. The molecule has 0 atom stereocenters. The first kappa shape index (κ1) is 21.8. The fourth-order valence-corrected chi connectivity index (χ4v) is 3.32. The van der Waals surface area contributed by atoms with Crippen molar-refractivity contribution < 1.29 is 18.7 Å². The SMILES string of the molecule is N#Cc1cc(Cl)cc(Oc2c(Cl)ccc(CNC(=O)c3nc(C=O)[nH]c3Br)c2F)c1. The fourth-order valence-electron chi connectivity index (χ4n) is 2.44. The Morgan fingerprint density at radius 1 is 1.37 bits per heavy atom. The van der Waals surface area contributed by atoms with E-state index in [0.717, 1.165) is 0 Å². The van der Waals surface area contributed by atoms with E-state index in [9.17, 15) is 14.0 Å². The third-order valence-electron chi connectivity index (χ3n) is 3.79. The summed E-state index contributed by atoms with van der Waals surface area (Å²) >= 11 is 15.1. The summed E-state index contributed by atoms with van der Waals surface area (Å²) in [5.41, 5.74) is 0.273. The molecule has 0 aliphatic rings. The van der Waals surface area contributed by atoms with Gasteiger partial charge in [0.1, 0.15) is 10.4 Å². The predicted octanol–water partition coefficient (Wildman–Crippen LogP) is 5.02. The van der Waals surface area contributed by atoms with Crippen LogP contribution in [0.4, 0.5) is 4.39 Å². The zero-order chi connectivity index (χ0) is 21.8. The van der Waals surface area contributed by atoms with Crippen LogP contribution in [-0.4, -0.2) is 22.2 Å². The van der Waals surface area contributed by atoms with Gasteiger partial charge in [-0.3, -0.25) is 9.59 Å². The first-order valence-corrected chi connectivity index (χ1v) is 9.71. The number of carbonyl (C=O) groups excluding carboxylic acids is 2. The van der Waals surface area contributed by atoms with Crippen molar-refractivity contribution in [2.75, 3.05) is 0 Å². The van der Waals surface area contributed by atoms with Crippen molar-refractivity contribution in [2.24, 2.45) is 0 Å². The van der Waals surface area contributed by atoms with Crippen LogP contribution in [0.3, 0.4) is 0 Å². The number of carbonyl (C=O) groups is 2. The number of aromatic nitrogens is 2. The molecule has 7 nitrogen and oxygen atoms in total. The van der Waals surface area contributed by atoms with Crippen LogP contribution in [0.25, 0.3) is 0 Å². The molecule has 0 radical (unpaired) electrons. The van der Waals surface area contributed by atoms with Crippen LogP contribution in [0.15, 0.2) is 34.9 Å². The maximum absolute atomic E-state index is 15.0. The lowest BCUT2D eigenvalue weighted by molar-refractivity contribution is 0.0945. The van der Waals surface area contributed by atoms with E-state index in [1.54, 1.807) is 0 Å². The molecule has 0 saturated carbocycles. The summed E-state index contributed by atoms with van der Waals surface area (Å²) in [6.07, 6.45) is 0.456. The summed E-state index contributed by atoms with van der Waals surface area (Å²) in [4.78, 5) is 29.4. The lowest BCUT2D eigenvalue weighted by Gasteiger charge is -2.13. The molecule has 30 heavy (non-hydrogen) atoms.